The van der Waals surface area contributed by atoms with Crippen LogP contribution in [0.1, 0.15) is 23.2 Å². The predicted octanol–water partition coefficient (Wildman–Crippen LogP) is 4.15. The van der Waals surface area contributed by atoms with Gasteiger partial charge in [-0.3, -0.25) is 4.79 Å². The number of nitrogens with one attached hydrogen (secondary N) is 1. The molecule has 1 aliphatic rings. The monoisotopic (exact) mass is 472 g/mol. The van der Waals surface area contributed by atoms with Crippen LogP contribution in [0.5, 0.6) is 5.75 Å². The van der Waals surface area contributed by atoms with Crippen LogP contribution in [-0.2, 0) is 10.0 Å². The molecule has 0 aliphatic carbocycles. The fourth-order valence-corrected chi connectivity index (χ4v) is 5.29. The molecule has 1 aliphatic heterocycles. The molecule has 0 radical (unpaired) electrons. The van der Waals surface area contributed by atoms with Gasteiger partial charge in [-0.15, -0.1) is 0 Å². The largest absolute Gasteiger partial charge is 0.495 e. The minimum Gasteiger partial charge on any atom is -0.495 e. The van der Waals surface area contributed by atoms with E-state index < -0.39 is 15.9 Å². The predicted molar refractivity (Wildman–Crippen MR) is 108 cm³/mol. The summed E-state index contributed by atoms with van der Waals surface area (Å²) >= 11 is 9.44. The first kappa shape index (κ1) is 20.1. The molecular weight excluding hydrogens is 456 g/mol. The van der Waals surface area contributed by atoms with E-state index in [-0.39, 0.29) is 16.2 Å². The van der Waals surface area contributed by atoms with Crippen molar-refractivity contribution < 1.29 is 17.9 Å². The molecule has 1 fully saturated rings. The van der Waals surface area contributed by atoms with E-state index in [2.05, 4.69) is 21.2 Å². The Balaban J connectivity index is 1.93. The Labute approximate surface area is 171 Å². The van der Waals surface area contributed by atoms with E-state index >= 15 is 0 Å². The molecule has 0 unspecified atom stereocenters. The zero-order valence-corrected chi connectivity index (χ0v) is 17.7. The third kappa shape index (κ3) is 4.29. The number of amides is 1. The van der Waals surface area contributed by atoms with Crippen molar-refractivity contribution in [2.45, 2.75) is 17.7 Å². The summed E-state index contributed by atoms with van der Waals surface area (Å²) in [6, 6.07) is 9.42. The van der Waals surface area contributed by atoms with E-state index in [1.165, 1.54) is 29.6 Å². The molecule has 2 aromatic carbocycles. The lowest BCUT2D eigenvalue weighted by molar-refractivity contribution is 0.102. The number of ether oxygens (including phenoxy) is 1. The highest BCUT2D eigenvalue weighted by atomic mass is 79.9. The lowest BCUT2D eigenvalue weighted by Crippen LogP contribution is -2.28. The molecule has 3 rings (SSSR count). The van der Waals surface area contributed by atoms with Crippen LogP contribution in [0.2, 0.25) is 5.02 Å². The van der Waals surface area contributed by atoms with Gasteiger partial charge in [0.05, 0.1) is 17.8 Å². The Bertz CT molecular complexity index is 975. The van der Waals surface area contributed by atoms with Crippen molar-refractivity contribution in [1.29, 1.82) is 0 Å². The number of halogens is 2. The molecule has 0 saturated carbocycles. The smallest absolute Gasteiger partial charge is 0.255 e. The van der Waals surface area contributed by atoms with Gasteiger partial charge in [0, 0.05) is 23.1 Å². The maximum atomic E-state index is 12.9. The Kier molecular flexibility index (Phi) is 6.10. The molecule has 0 bridgehead atoms. The van der Waals surface area contributed by atoms with Gasteiger partial charge in [-0.2, -0.15) is 4.31 Å². The number of rotatable bonds is 5. The zero-order chi connectivity index (χ0) is 19.6. The van der Waals surface area contributed by atoms with Gasteiger partial charge in [-0.25, -0.2) is 8.42 Å². The highest BCUT2D eigenvalue weighted by Crippen LogP contribution is 2.31. The van der Waals surface area contributed by atoms with Crippen LogP contribution in [0.15, 0.2) is 45.8 Å². The standard InChI is InChI=1S/C18H18BrClN2O4S/c1-26-16-7-4-12(10-17(16)27(24,25)22-8-2-3-9-22)18(23)21-15-6-5-13(19)11-14(15)20/h4-7,10-11H,2-3,8-9H2,1H3,(H,21,23). The molecule has 9 heteroatoms. The van der Waals surface area contributed by atoms with E-state index in [1.807, 2.05) is 0 Å². The van der Waals surface area contributed by atoms with Crippen LogP contribution >= 0.6 is 27.5 Å². The molecule has 2 aromatic rings. The quantitative estimate of drug-likeness (QED) is 0.708. The van der Waals surface area contributed by atoms with Crippen LogP contribution < -0.4 is 10.1 Å². The second-order valence-corrected chi connectivity index (χ2v) is 9.28. The van der Waals surface area contributed by atoms with Gasteiger partial charge in [0.15, 0.2) is 0 Å². The number of carbonyl (C=O) groups is 1. The topological polar surface area (TPSA) is 75.7 Å². The second kappa shape index (κ2) is 8.18. The van der Waals surface area contributed by atoms with Crippen LogP contribution in [0.3, 0.4) is 0 Å². The van der Waals surface area contributed by atoms with Gasteiger partial charge < -0.3 is 10.1 Å². The molecule has 6 nitrogen and oxygen atoms in total. The van der Waals surface area contributed by atoms with Crippen molar-refractivity contribution >= 4 is 49.1 Å². The minimum absolute atomic E-state index is 0.0125. The van der Waals surface area contributed by atoms with E-state index in [0.29, 0.717) is 23.8 Å². The number of carbonyl (C=O) groups excluding carboxylic acids is 1. The summed E-state index contributed by atoms with van der Waals surface area (Å²) in [5, 5.41) is 3.07. The van der Waals surface area contributed by atoms with Gasteiger partial charge in [-0.1, -0.05) is 27.5 Å². The van der Waals surface area contributed by atoms with Gasteiger partial charge in [-0.05, 0) is 49.2 Å². The van der Waals surface area contributed by atoms with Crippen LogP contribution in [-0.4, -0.2) is 38.8 Å². The van der Waals surface area contributed by atoms with Crippen LogP contribution in [0.4, 0.5) is 5.69 Å². The van der Waals surface area contributed by atoms with Gasteiger partial charge >= 0.3 is 0 Å². The van der Waals surface area contributed by atoms with Gasteiger partial charge in [0.2, 0.25) is 10.0 Å². The van der Waals surface area contributed by atoms with Crippen molar-refractivity contribution in [3.63, 3.8) is 0 Å². The van der Waals surface area contributed by atoms with E-state index in [9.17, 15) is 13.2 Å². The molecule has 0 aromatic heterocycles. The highest BCUT2D eigenvalue weighted by molar-refractivity contribution is 9.10. The van der Waals surface area contributed by atoms with Crippen molar-refractivity contribution in [1.82, 2.24) is 4.31 Å². The Morgan fingerprint density at radius 2 is 1.89 bits per heavy atom. The first-order valence-electron chi connectivity index (χ1n) is 8.27. The number of hydrogen-bond acceptors (Lipinski definition) is 4. The van der Waals surface area contributed by atoms with Crippen molar-refractivity contribution in [3.8, 4) is 5.75 Å². The SMILES string of the molecule is COc1ccc(C(=O)Nc2ccc(Br)cc2Cl)cc1S(=O)(=O)N1CCCC1. The molecule has 1 N–H and O–H groups in total. The van der Waals surface area contributed by atoms with Crippen molar-refractivity contribution in [2.75, 3.05) is 25.5 Å². The number of anilines is 1. The average molecular weight is 474 g/mol. The summed E-state index contributed by atoms with van der Waals surface area (Å²) < 4.78 is 33.3. The first-order valence-corrected chi connectivity index (χ1v) is 10.9. The molecule has 0 spiro atoms. The summed E-state index contributed by atoms with van der Waals surface area (Å²) in [5.74, 6) is -0.250. The number of nitrogens with zero attached hydrogens (tertiary/aromatic N) is 1. The van der Waals surface area contributed by atoms with Gasteiger partial charge in [0.25, 0.3) is 5.91 Å². The molecular formula is C18H18BrClN2O4S. The van der Waals surface area contributed by atoms with Gasteiger partial charge in [0.1, 0.15) is 10.6 Å². The lowest BCUT2D eigenvalue weighted by atomic mass is 10.2. The fraction of sp³-hybridized carbons (Fsp3) is 0.278. The molecule has 0 atom stereocenters. The minimum atomic E-state index is -3.73. The van der Waals surface area contributed by atoms with Crippen LogP contribution in [0.25, 0.3) is 0 Å². The summed E-state index contributed by atoms with van der Waals surface area (Å²) in [6.45, 7) is 0.937. The maximum Gasteiger partial charge on any atom is 0.255 e. The highest BCUT2D eigenvalue weighted by Gasteiger charge is 2.30. The van der Waals surface area contributed by atoms with E-state index in [4.69, 9.17) is 16.3 Å². The summed E-state index contributed by atoms with van der Waals surface area (Å²) in [5.41, 5.74) is 0.636. The Hall–Kier alpha value is -1.61. The average Bonchev–Trinajstić information content (AvgIpc) is 3.19. The summed E-state index contributed by atoms with van der Waals surface area (Å²) in [4.78, 5) is 12.6. The summed E-state index contributed by atoms with van der Waals surface area (Å²) in [7, 11) is -2.33. The Morgan fingerprint density at radius 3 is 2.52 bits per heavy atom. The first-order chi connectivity index (χ1) is 12.8. The Morgan fingerprint density at radius 1 is 1.19 bits per heavy atom. The zero-order valence-electron chi connectivity index (χ0n) is 14.5. The van der Waals surface area contributed by atoms with E-state index in [1.54, 1.807) is 18.2 Å². The third-order valence-corrected chi connectivity index (χ3v) is 7.01. The number of benzene rings is 2. The van der Waals surface area contributed by atoms with E-state index in [0.717, 1.165) is 17.3 Å². The van der Waals surface area contributed by atoms with Crippen molar-refractivity contribution in [3.05, 3.63) is 51.5 Å². The normalized spacial score (nSPS) is 14.9. The third-order valence-electron chi connectivity index (χ3n) is 4.29. The molecule has 1 heterocycles. The summed E-state index contributed by atoms with van der Waals surface area (Å²) in [6.07, 6.45) is 1.65. The number of methoxy groups -OCH3 is 1. The fourth-order valence-electron chi connectivity index (χ4n) is 2.87. The van der Waals surface area contributed by atoms with Crippen LogP contribution in [0, 0.1) is 0 Å². The maximum absolute atomic E-state index is 12.9. The molecule has 144 valence electrons. The molecule has 1 amide bonds. The second-order valence-electron chi connectivity index (χ2n) is 6.06. The molecule has 1 saturated heterocycles. The molecule has 27 heavy (non-hydrogen) atoms. The van der Waals surface area contributed by atoms with Crippen molar-refractivity contribution in [2.24, 2.45) is 0 Å². The number of sulfonamides is 1. The number of hydrogen-bond donors (Lipinski definition) is 1. The lowest BCUT2D eigenvalue weighted by Gasteiger charge is -2.18.